The summed E-state index contributed by atoms with van der Waals surface area (Å²) in [6.45, 7) is 0.106. The Hall–Kier alpha value is -1.77. The fraction of sp³-hybridized carbons (Fsp3) is 0.333. The molecular formula is C12H12BrF3N2O3. The minimum atomic E-state index is -4.50. The molecule has 3 N–H and O–H groups in total. The zero-order valence-corrected chi connectivity index (χ0v) is 12.2. The molecule has 0 aromatic heterocycles. The topological polar surface area (TPSA) is 78.4 Å². The molecule has 0 saturated carbocycles. The molecule has 0 aliphatic heterocycles. The average molecular weight is 369 g/mol. The second-order valence-corrected chi connectivity index (χ2v) is 4.92. The van der Waals surface area contributed by atoms with Gasteiger partial charge < -0.3 is 15.7 Å². The molecule has 5 nitrogen and oxygen atoms in total. The largest absolute Gasteiger partial charge is 0.481 e. The summed E-state index contributed by atoms with van der Waals surface area (Å²) in [6.07, 6.45) is -4.38. The molecule has 0 aliphatic carbocycles. The first-order valence-electron chi connectivity index (χ1n) is 5.83. The predicted octanol–water partition coefficient (Wildman–Crippen LogP) is 3.45. The molecule has 2 amide bonds. The highest BCUT2D eigenvalue weighted by atomic mass is 79.9. The van der Waals surface area contributed by atoms with Crippen molar-refractivity contribution in [2.75, 3.05) is 11.9 Å². The number of urea groups is 1. The van der Waals surface area contributed by atoms with Gasteiger partial charge in [-0.1, -0.05) is 0 Å². The number of halogens is 4. The van der Waals surface area contributed by atoms with Crippen LogP contribution in [0.2, 0.25) is 0 Å². The van der Waals surface area contributed by atoms with Crippen molar-refractivity contribution in [1.82, 2.24) is 5.32 Å². The Bertz CT molecular complexity index is 535. The summed E-state index contributed by atoms with van der Waals surface area (Å²) in [6, 6.07) is 2.17. The maximum atomic E-state index is 12.6. The number of anilines is 1. The van der Waals surface area contributed by atoms with E-state index >= 15 is 0 Å². The number of hydrogen-bond acceptors (Lipinski definition) is 2. The number of hydrogen-bond donors (Lipinski definition) is 3. The average Bonchev–Trinajstić information content (AvgIpc) is 2.36. The minimum Gasteiger partial charge on any atom is -0.481 e. The SMILES string of the molecule is O=C(O)CCCNC(=O)Nc1cc(C(F)(F)F)ccc1Br. The van der Waals surface area contributed by atoms with E-state index in [4.69, 9.17) is 5.11 Å². The summed E-state index contributed by atoms with van der Waals surface area (Å²) >= 11 is 3.04. The molecule has 9 heteroatoms. The molecule has 0 atom stereocenters. The van der Waals surface area contributed by atoms with Gasteiger partial charge in [-0.15, -0.1) is 0 Å². The van der Waals surface area contributed by atoms with Gasteiger partial charge in [0.05, 0.1) is 11.3 Å². The van der Waals surface area contributed by atoms with Crippen molar-refractivity contribution in [2.24, 2.45) is 0 Å². The lowest BCUT2D eigenvalue weighted by molar-refractivity contribution is -0.138. The van der Waals surface area contributed by atoms with Gasteiger partial charge in [0.15, 0.2) is 0 Å². The fourth-order valence-corrected chi connectivity index (χ4v) is 1.75. The second kappa shape index (κ2) is 7.30. The highest BCUT2D eigenvalue weighted by molar-refractivity contribution is 9.10. The van der Waals surface area contributed by atoms with Crippen molar-refractivity contribution in [2.45, 2.75) is 19.0 Å². The van der Waals surface area contributed by atoms with E-state index in [1.807, 2.05) is 0 Å². The molecule has 0 saturated heterocycles. The number of alkyl halides is 3. The van der Waals surface area contributed by atoms with Crippen molar-refractivity contribution in [1.29, 1.82) is 0 Å². The van der Waals surface area contributed by atoms with Gasteiger partial charge in [-0.3, -0.25) is 4.79 Å². The van der Waals surface area contributed by atoms with Gasteiger partial charge in [0.25, 0.3) is 0 Å². The number of carboxylic acids is 1. The highest BCUT2D eigenvalue weighted by Crippen LogP contribution is 2.33. The van der Waals surface area contributed by atoms with E-state index in [-0.39, 0.29) is 25.1 Å². The van der Waals surface area contributed by atoms with Crippen LogP contribution in [0.3, 0.4) is 0 Å². The van der Waals surface area contributed by atoms with Crippen LogP contribution < -0.4 is 10.6 Å². The van der Waals surface area contributed by atoms with Crippen LogP contribution in [-0.2, 0) is 11.0 Å². The quantitative estimate of drug-likeness (QED) is 0.696. The number of carbonyl (C=O) groups is 2. The first-order chi connectivity index (χ1) is 9.70. The first-order valence-corrected chi connectivity index (χ1v) is 6.63. The Morgan fingerprint density at radius 2 is 1.95 bits per heavy atom. The lowest BCUT2D eigenvalue weighted by Gasteiger charge is -2.12. The van der Waals surface area contributed by atoms with Gasteiger partial charge >= 0.3 is 18.2 Å². The van der Waals surface area contributed by atoms with Gasteiger partial charge in [-0.25, -0.2) is 4.79 Å². The summed E-state index contributed by atoms with van der Waals surface area (Å²) in [5.41, 5.74) is -0.910. The number of rotatable bonds is 5. The number of aliphatic carboxylic acids is 1. The molecule has 1 rings (SSSR count). The molecule has 0 radical (unpaired) electrons. The Kier molecular flexibility index (Phi) is 6.01. The molecule has 1 aromatic rings. The number of carbonyl (C=O) groups excluding carboxylic acids is 1. The zero-order valence-electron chi connectivity index (χ0n) is 10.6. The number of amides is 2. The van der Waals surface area contributed by atoms with Crippen LogP contribution in [0.5, 0.6) is 0 Å². The number of nitrogens with one attached hydrogen (secondary N) is 2. The summed E-state index contributed by atoms with van der Waals surface area (Å²) in [5, 5.41) is 13.0. The van der Waals surface area contributed by atoms with E-state index in [0.717, 1.165) is 12.1 Å². The molecule has 0 spiro atoms. The number of benzene rings is 1. The van der Waals surface area contributed by atoms with E-state index < -0.39 is 23.7 Å². The van der Waals surface area contributed by atoms with E-state index in [0.29, 0.717) is 4.47 Å². The predicted molar refractivity (Wildman–Crippen MR) is 73.0 cm³/mol. The lowest BCUT2D eigenvalue weighted by Crippen LogP contribution is -2.30. The summed E-state index contributed by atoms with van der Waals surface area (Å²) in [4.78, 5) is 21.8. The van der Waals surface area contributed by atoms with Crippen molar-refractivity contribution >= 4 is 33.6 Å². The molecular weight excluding hydrogens is 357 g/mol. The molecule has 0 bridgehead atoms. The van der Waals surface area contributed by atoms with Crippen molar-refractivity contribution in [3.8, 4) is 0 Å². The summed E-state index contributed by atoms with van der Waals surface area (Å²) in [7, 11) is 0. The first kappa shape index (κ1) is 17.3. The Balaban J connectivity index is 2.61. The van der Waals surface area contributed by atoms with Crippen molar-refractivity contribution in [3.05, 3.63) is 28.2 Å². The summed E-state index contributed by atoms with van der Waals surface area (Å²) in [5.74, 6) is -0.988. The second-order valence-electron chi connectivity index (χ2n) is 4.07. The van der Waals surface area contributed by atoms with Gasteiger partial charge in [-0.2, -0.15) is 13.2 Å². The van der Waals surface area contributed by atoms with Crippen LogP contribution >= 0.6 is 15.9 Å². The smallest absolute Gasteiger partial charge is 0.416 e. The van der Waals surface area contributed by atoms with Crippen LogP contribution in [0.15, 0.2) is 22.7 Å². The van der Waals surface area contributed by atoms with Crippen LogP contribution in [-0.4, -0.2) is 23.7 Å². The van der Waals surface area contributed by atoms with Crippen molar-refractivity contribution < 1.29 is 27.9 Å². The van der Waals surface area contributed by atoms with Gasteiger partial charge in [0.2, 0.25) is 0 Å². The molecule has 0 fully saturated rings. The van der Waals surface area contributed by atoms with Crippen molar-refractivity contribution in [3.63, 3.8) is 0 Å². The third kappa shape index (κ3) is 6.03. The zero-order chi connectivity index (χ0) is 16.0. The molecule has 0 aliphatic rings. The van der Waals surface area contributed by atoms with E-state index in [2.05, 4.69) is 26.6 Å². The Morgan fingerprint density at radius 3 is 2.52 bits per heavy atom. The summed E-state index contributed by atoms with van der Waals surface area (Å²) < 4.78 is 38.0. The molecule has 0 heterocycles. The maximum Gasteiger partial charge on any atom is 0.416 e. The third-order valence-corrected chi connectivity index (χ3v) is 3.09. The van der Waals surface area contributed by atoms with E-state index in [1.165, 1.54) is 6.07 Å². The monoisotopic (exact) mass is 368 g/mol. The van der Waals surface area contributed by atoms with E-state index in [9.17, 15) is 22.8 Å². The molecule has 0 unspecified atom stereocenters. The molecule has 21 heavy (non-hydrogen) atoms. The van der Waals surface area contributed by atoms with Gasteiger partial charge in [0.1, 0.15) is 0 Å². The van der Waals surface area contributed by atoms with Crippen LogP contribution in [0.4, 0.5) is 23.7 Å². The normalized spacial score (nSPS) is 11.0. The van der Waals surface area contributed by atoms with E-state index in [1.54, 1.807) is 0 Å². The third-order valence-electron chi connectivity index (χ3n) is 2.39. The minimum absolute atomic E-state index is 0.0273. The van der Waals surface area contributed by atoms with Gasteiger partial charge in [-0.05, 0) is 40.5 Å². The molecule has 116 valence electrons. The van der Waals surface area contributed by atoms with Crippen LogP contribution in [0, 0.1) is 0 Å². The van der Waals surface area contributed by atoms with Crippen LogP contribution in [0.1, 0.15) is 18.4 Å². The Labute approximate surface area is 126 Å². The molecule has 1 aromatic carbocycles. The highest BCUT2D eigenvalue weighted by Gasteiger charge is 2.31. The Morgan fingerprint density at radius 1 is 1.29 bits per heavy atom. The lowest BCUT2D eigenvalue weighted by atomic mass is 10.2. The van der Waals surface area contributed by atoms with Gasteiger partial charge in [0, 0.05) is 17.4 Å². The standard InChI is InChI=1S/C12H12BrF3N2O3/c13-8-4-3-7(12(14,15)16)6-9(8)18-11(21)17-5-1-2-10(19)20/h3-4,6H,1-2,5H2,(H,19,20)(H2,17,18,21). The number of carboxylic acid groups (broad SMARTS) is 1. The maximum absolute atomic E-state index is 12.6. The fourth-order valence-electron chi connectivity index (χ4n) is 1.41. The van der Waals surface area contributed by atoms with Crippen LogP contribution in [0.25, 0.3) is 0 Å².